The number of nitrogens with zero attached hydrogens (tertiary/aromatic N) is 1. The summed E-state index contributed by atoms with van der Waals surface area (Å²) in [6.07, 6.45) is 38.8. The van der Waals surface area contributed by atoms with Crippen LogP contribution in [0.4, 0.5) is 0 Å². The summed E-state index contributed by atoms with van der Waals surface area (Å²) in [7, 11) is 5.41. The van der Waals surface area contributed by atoms with Crippen molar-refractivity contribution in [3.8, 4) is 0 Å². The predicted octanol–water partition coefficient (Wildman–Crippen LogP) is 11.2. The SMILES string of the molecule is CCCCCCCCCCCCCCCCCCCCCCCCCCC(=O)OC(COCCC(C(=O)[O-])[N+](C)(C)C)COC(=O)CCCCCCCC. The summed E-state index contributed by atoms with van der Waals surface area (Å²) in [5.74, 6) is -1.73. The van der Waals surface area contributed by atoms with Crippen molar-refractivity contribution in [3.63, 3.8) is 0 Å². The number of hydrogen-bond donors (Lipinski definition) is 0. The van der Waals surface area contributed by atoms with Crippen LogP contribution in [0.15, 0.2) is 0 Å². The molecule has 0 radical (unpaired) electrons. The topological polar surface area (TPSA) is 102 Å². The Hall–Kier alpha value is -1.67. The van der Waals surface area contributed by atoms with Crippen LogP contribution in [0.2, 0.25) is 0 Å². The zero-order chi connectivity index (χ0) is 40.0. The Kier molecular flexibility index (Phi) is 37.0. The smallest absolute Gasteiger partial charge is 0.306 e. The minimum atomic E-state index is -1.12. The van der Waals surface area contributed by atoms with Crippen molar-refractivity contribution in [3.05, 3.63) is 0 Å². The molecule has 320 valence electrons. The molecule has 0 heterocycles. The second-order valence-electron chi connectivity index (χ2n) is 17.0. The second kappa shape index (κ2) is 38.2. The van der Waals surface area contributed by atoms with Gasteiger partial charge >= 0.3 is 11.9 Å². The van der Waals surface area contributed by atoms with E-state index in [1.54, 1.807) is 21.1 Å². The molecule has 0 amide bonds. The lowest BCUT2D eigenvalue weighted by Crippen LogP contribution is -2.55. The van der Waals surface area contributed by atoms with Crippen molar-refractivity contribution in [2.75, 3.05) is 41.0 Å². The fourth-order valence-corrected chi connectivity index (χ4v) is 7.13. The highest BCUT2D eigenvalue weighted by Crippen LogP contribution is 2.17. The number of aliphatic carboxylic acids is 1. The Morgan fingerprint density at radius 3 is 1.15 bits per heavy atom. The van der Waals surface area contributed by atoms with Gasteiger partial charge in [0.1, 0.15) is 12.6 Å². The molecule has 0 spiro atoms. The molecular formula is C46H89NO7. The standard InChI is InChI=1S/C46H89NO7/c1-6-8-10-12-14-15-16-17-18-19-20-21-22-23-24-25-26-27-28-29-30-31-33-35-37-45(49)54-42(40-52-39-38-43(46(50)51)47(3,4)5)41-53-44(48)36-34-32-13-11-9-7-2/h42-43H,6-41H2,1-5H3. The molecule has 0 aliphatic rings. The summed E-state index contributed by atoms with van der Waals surface area (Å²) in [6, 6.07) is -0.718. The van der Waals surface area contributed by atoms with E-state index in [4.69, 9.17) is 14.2 Å². The molecule has 0 aromatic rings. The van der Waals surface area contributed by atoms with Crippen LogP contribution in [0.1, 0.15) is 226 Å². The minimum Gasteiger partial charge on any atom is -0.544 e. The minimum absolute atomic E-state index is 0.0480. The Balaban J connectivity index is 4.01. The first-order valence-corrected chi connectivity index (χ1v) is 23.1. The summed E-state index contributed by atoms with van der Waals surface area (Å²) >= 11 is 0. The normalized spacial score (nSPS) is 12.8. The van der Waals surface area contributed by atoms with Crippen LogP contribution in [0.5, 0.6) is 0 Å². The highest BCUT2D eigenvalue weighted by atomic mass is 16.6. The van der Waals surface area contributed by atoms with Crippen molar-refractivity contribution in [1.82, 2.24) is 0 Å². The molecule has 8 nitrogen and oxygen atoms in total. The fraction of sp³-hybridized carbons (Fsp3) is 0.935. The number of carboxylic acid groups (broad SMARTS) is 1. The number of carbonyl (C=O) groups excluding carboxylic acids is 3. The molecule has 0 aromatic heterocycles. The van der Waals surface area contributed by atoms with Gasteiger partial charge in [-0.3, -0.25) is 9.59 Å². The number of carbonyl (C=O) groups is 3. The number of carboxylic acids is 1. The van der Waals surface area contributed by atoms with Gasteiger partial charge in [0.25, 0.3) is 0 Å². The van der Waals surface area contributed by atoms with E-state index in [-0.39, 0.29) is 42.7 Å². The predicted molar refractivity (Wildman–Crippen MR) is 222 cm³/mol. The summed E-state index contributed by atoms with van der Waals surface area (Å²) < 4.78 is 17.1. The van der Waals surface area contributed by atoms with Gasteiger partial charge in [-0.15, -0.1) is 0 Å². The van der Waals surface area contributed by atoms with Gasteiger partial charge in [0.05, 0.1) is 40.3 Å². The average molecular weight is 768 g/mol. The van der Waals surface area contributed by atoms with Gasteiger partial charge in [0.2, 0.25) is 0 Å². The van der Waals surface area contributed by atoms with E-state index in [1.807, 2.05) is 0 Å². The van der Waals surface area contributed by atoms with Crippen LogP contribution < -0.4 is 5.11 Å². The Morgan fingerprint density at radius 1 is 0.481 bits per heavy atom. The highest BCUT2D eigenvalue weighted by molar-refractivity contribution is 5.70. The molecule has 0 N–H and O–H groups in total. The first-order valence-electron chi connectivity index (χ1n) is 23.1. The second-order valence-corrected chi connectivity index (χ2v) is 17.0. The molecule has 0 saturated carbocycles. The van der Waals surface area contributed by atoms with E-state index < -0.39 is 18.1 Å². The molecule has 0 rings (SSSR count). The largest absolute Gasteiger partial charge is 0.544 e. The van der Waals surface area contributed by atoms with Crippen LogP contribution >= 0.6 is 0 Å². The highest BCUT2D eigenvalue weighted by Gasteiger charge is 2.25. The number of rotatable bonds is 42. The first-order chi connectivity index (χ1) is 26.1. The van der Waals surface area contributed by atoms with Crippen molar-refractivity contribution < 1.29 is 38.2 Å². The summed E-state index contributed by atoms with van der Waals surface area (Å²) in [6.45, 7) is 4.63. The summed E-state index contributed by atoms with van der Waals surface area (Å²) in [5, 5.41) is 11.6. The Labute approximate surface area is 334 Å². The molecular weight excluding hydrogens is 679 g/mol. The number of unbranched alkanes of at least 4 members (excludes halogenated alkanes) is 28. The molecule has 0 bridgehead atoms. The third-order valence-corrected chi connectivity index (χ3v) is 10.7. The molecule has 54 heavy (non-hydrogen) atoms. The lowest BCUT2D eigenvalue weighted by molar-refractivity contribution is -0.889. The number of ether oxygens (including phenoxy) is 3. The van der Waals surface area contributed by atoms with Crippen molar-refractivity contribution in [2.45, 2.75) is 238 Å². The van der Waals surface area contributed by atoms with Crippen LogP contribution in [-0.4, -0.2) is 75.5 Å². The van der Waals surface area contributed by atoms with Crippen molar-refractivity contribution >= 4 is 17.9 Å². The third kappa shape index (κ3) is 36.0. The third-order valence-electron chi connectivity index (χ3n) is 10.7. The number of esters is 2. The van der Waals surface area contributed by atoms with Crippen LogP contribution in [0.25, 0.3) is 0 Å². The quantitative estimate of drug-likeness (QED) is 0.0346. The number of hydrogen-bond acceptors (Lipinski definition) is 7. The maximum Gasteiger partial charge on any atom is 0.306 e. The van der Waals surface area contributed by atoms with E-state index in [2.05, 4.69) is 13.8 Å². The van der Waals surface area contributed by atoms with Gasteiger partial charge in [-0.25, -0.2) is 0 Å². The van der Waals surface area contributed by atoms with E-state index in [1.165, 1.54) is 154 Å². The Bertz CT molecular complexity index is 858. The van der Waals surface area contributed by atoms with Crippen molar-refractivity contribution in [2.24, 2.45) is 0 Å². The molecule has 2 unspecified atom stereocenters. The van der Waals surface area contributed by atoms with Gasteiger partial charge < -0.3 is 28.6 Å². The van der Waals surface area contributed by atoms with Gasteiger partial charge in [-0.05, 0) is 12.8 Å². The molecule has 2 atom stereocenters. The van der Waals surface area contributed by atoms with Gasteiger partial charge in [0.15, 0.2) is 6.10 Å². The van der Waals surface area contributed by atoms with Gasteiger partial charge in [-0.2, -0.15) is 0 Å². The lowest BCUT2D eigenvalue weighted by Gasteiger charge is -2.34. The lowest BCUT2D eigenvalue weighted by atomic mass is 10.0. The van der Waals surface area contributed by atoms with E-state index in [0.717, 1.165) is 38.5 Å². The van der Waals surface area contributed by atoms with Crippen LogP contribution in [0, 0.1) is 0 Å². The van der Waals surface area contributed by atoms with Crippen molar-refractivity contribution in [1.29, 1.82) is 0 Å². The summed E-state index contributed by atoms with van der Waals surface area (Å²) in [4.78, 5) is 36.6. The van der Waals surface area contributed by atoms with Gasteiger partial charge in [0, 0.05) is 19.3 Å². The number of likely N-dealkylation sites (N-methyl/N-ethyl adjacent to an activating group) is 1. The zero-order valence-corrected chi connectivity index (χ0v) is 36.4. The maximum absolute atomic E-state index is 12.7. The monoisotopic (exact) mass is 768 g/mol. The first kappa shape index (κ1) is 52.3. The van der Waals surface area contributed by atoms with E-state index in [9.17, 15) is 19.5 Å². The maximum atomic E-state index is 12.7. The van der Waals surface area contributed by atoms with Gasteiger partial charge in [-0.1, -0.05) is 194 Å². The molecule has 0 aliphatic carbocycles. The molecule has 0 saturated heterocycles. The Morgan fingerprint density at radius 2 is 0.815 bits per heavy atom. The number of quaternary nitrogens is 1. The molecule has 0 aliphatic heterocycles. The molecule has 8 heteroatoms. The van der Waals surface area contributed by atoms with E-state index in [0.29, 0.717) is 12.8 Å². The van der Waals surface area contributed by atoms with Crippen LogP contribution in [-0.2, 0) is 28.6 Å². The van der Waals surface area contributed by atoms with E-state index >= 15 is 0 Å². The van der Waals surface area contributed by atoms with Crippen LogP contribution in [0.3, 0.4) is 0 Å². The fourth-order valence-electron chi connectivity index (χ4n) is 7.13. The summed E-state index contributed by atoms with van der Waals surface area (Å²) in [5.41, 5.74) is 0. The molecule has 0 aromatic carbocycles. The zero-order valence-electron chi connectivity index (χ0n) is 36.4. The average Bonchev–Trinajstić information content (AvgIpc) is 3.12. The molecule has 0 fully saturated rings.